The molecule has 0 spiro atoms. The van der Waals surface area contributed by atoms with Gasteiger partial charge in [-0.2, -0.15) is 0 Å². The number of carbonyl (C=O) groups excluding carboxylic acids is 1. The van der Waals surface area contributed by atoms with E-state index >= 15 is 0 Å². The van der Waals surface area contributed by atoms with Gasteiger partial charge in [-0.3, -0.25) is 4.79 Å². The molecule has 1 aliphatic rings. The number of fused-ring (bicyclic) bond motifs is 1. The highest BCUT2D eigenvalue weighted by molar-refractivity contribution is 7.11. The predicted molar refractivity (Wildman–Crippen MR) is 113 cm³/mol. The van der Waals surface area contributed by atoms with Gasteiger partial charge in [-0.15, -0.1) is 11.3 Å². The summed E-state index contributed by atoms with van der Waals surface area (Å²) < 4.78 is 5.66. The number of nitrogens with zero attached hydrogens (tertiary/aromatic N) is 2. The van der Waals surface area contributed by atoms with Crippen LogP contribution in [0.2, 0.25) is 0 Å². The Morgan fingerprint density at radius 2 is 1.85 bits per heavy atom. The van der Waals surface area contributed by atoms with E-state index in [-0.39, 0.29) is 12.5 Å². The van der Waals surface area contributed by atoms with E-state index in [1.54, 1.807) is 11.3 Å². The highest BCUT2D eigenvalue weighted by Gasteiger charge is 2.26. The largest absolute Gasteiger partial charge is 0.482 e. The number of hydrogen-bond donors (Lipinski definition) is 0. The van der Waals surface area contributed by atoms with Crippen LogP contribution in [0, 0.1) is 13.8 Å². The fourth-order valence-corrected chi connectivity index (χ4v) is 4.46. The lowest BCUT2D eigenvalue weighted by molar-refractivity contribution is -0.121. The maximum Gasteiger partial charge on any atom is 0.265 e. The van der Waals surface area contributed by atoms with Crippen LogP contribution in [-0.4, -0.2) is 24.0 Å². The predicted octanol–water partition coefficient (Wildman–Crippen LogP) is 5.90. The first-order valence-corrected chi connectivity index (χ1v) is 10.9. The van der Waals surface area contributed by atoms with E-state index in [0.717, 1.165) is 40.7 Å². The molecule has 1 amide bonds. The van der Waals surface area contributed by atoms with Gasteiger partial charge in [-0.25, -0.2) is 4.98 Å². The van der Waals surface area contributed by atoms with E-state index in [0.29, 0.717) is 0 Å². The van der Waals surface area contributed by atoms with Crippen molar-refractivity contribution < 1.29 is 9.53 Å². The zero-order valence-corrected chi connectivity index (χ0v) is 17.5. The summed E-state index contributed by atoms with van der Waals surface area (Å²) in [5.41, 5.74) is 2.95. The molecule has 0 radical (unpaired) electrons. The molecule has 0 bridgehead atoms. The summed E-state index contributed by atoms with van der Waals surface area (Å²) in [6.45, 7) is 7.26. The summed E-state index contributed by atoms with van der Waals surface area (Å²) >= 11 is 1.70. The number of unbranched alkanes of at least 4 members (excludes halogenated alkanes) is 6. The lowest BCUT2D eigenvalue weighted by Gasteiger charge is -2.30. The van der Waals surface area contributed by atoms with Crippen LogP contribution < -0.4 is 9.64 Å². The van der Waals surface area contributed by atoms with E-state index < -0.39 is 0 Å². The van der Waals surface area contributed by atoms with Gasteiger partial charge in [-0.1, -0.05) is 45.4 Å². The normalized spacial score (nSPS) is 13.6. The van der Waals surface area contributed by atoms with Crippen molar-refractivity contribution in [3.05, 3.63) is 28.1 Å². The van der Waals surface area contributed by atoms with Crippen molar-refractivity contribution in [2.24, 2.45) is 0 Å². The maximum absolute atomic E-state index is 12.5. The Balaban J connectivity index is 1.69. The van der Waals surface area contributed by atoms with Crippen LogP contribution in [0.5, 0.6) is 5.75 Å². The molecule has 2 heterocycles. The second-order valence-corrected chi connectivity index (χ2v) is 8.68. The van der Waals surface area contributed by atoms with Gasteiger partial charge in [0.2, 0.25) is 0 Å². The third-order valence-electron chi connectivity index (χ3n) is 5.06. The Kier molecular flexibility index (Phi) is 6.89. The van der Waals surface area contributed by atoms with E-state index in [9.17, 15) is 4.79 Å². The molecule has 1 aromatic carbocycles. The van der Waals surface area contributed by atoms with Crippen LogP contribution >= 0.6 is 11.3 Å². The molecule has 0 N–H and O–H groups in total. The second-order valence-electron chi connectivity index (χ2n) is 7.28. The number of hydrogen-bond acceptors (Lipinski definition) is 4. The number of benzene rings is 1. The molecule has 0 saturated carbocycles. The van der Waals surface area contributed by atoms with Crippen LogP contribution in [0.1, 0.15) is 61.8 Å². The molecule has 146 valence electrons. The van der Waals surface area contributed by atoms with Gasteiger partial charge in [-0.05, 0) is 38.5 Å². The monoisotopic (exact) mass is 386 g/mol. The molecule has 0 saturated heterocycles. The Morgan fingerprint density at radius 3 is 2.56 bits per heavy atom. The highest BCUT2D eigenvalue weighted by atomic mass is 32.1. The lowest BCUT2D eigenvalue weighted by atomic mass is 10.1. The SMILES string of the molecule is CCCCCCCCCN1C(=O)COc2ccc(-c3nc(C)sc3C)cc21. The third-order valence-corrected chi connectivity index (χ3v) is 5.95. The smallest absolute Gasteiger partial charge is 0.265 e. The maximum atomic E-state index is 12.5. The molecule has 4 nitrogen and oxygen atoms in total. The van der Waals surface area contributed by atoms with Crippen LogP contribution in [0.15, 0.2) is 18.2 Å². The van der Waals surface area contributed by atoms with Gasteiger partial charge in [0.1, 0.15) is 5.75 Å². The quantitative estimate of drug-likeness (QED) is 0.504. The van der Waals surface area contributed by atoms with Crippen LogP contribution in [0.4, 0.5) is 5.69 Å². The van der Waals surface area contributed by atoms with Crippen molar-refractivity contribution in [3.8, 4) is 17.0 Å². The molecule has 1 aromatic heterocycles. The van der Waals surface area contributed by atoms with Crippen molar-refractivity contribution in [3.63, 3.8) is 0 Å². The Hall–Kier alpha value is -1.88. The van der Waals surface area contributed by atoms with Gasteiger partial charge in [0.15, 0.2) is 6.61 Å². The van der Waals surface area contributed by atoms with Crippen molar-refractivity contribution in [1.82, 2.24) is 4.98 Å². The lowest BCUT2D eigenvalue weighted by Crippen LogP contribution is -2.39. The van der Waals surface area contributed by atoms with Gasteiger partial charge in [0.25, 0.3) is 5.91 Å². The molecule has 3 rings (SSSR count). The average molecular weight is 387 g/mol. The fraction of sp³-hybridized carbons (Fsp3) is 0.545. The first-order valence-electron chi connectivity index (χ1n) is 10.1. The molecule has 0 atom stereocenters. The minimum atomic E-state index is 0.0526. The molecule has 0 unspecified atom stereocenters. The molecular weight excluding hydrogens is 356 g/mol. The summed E-state index contributed by atoms with van der Waals surface area (Å²) in [6.07, 6.45) is 8.69. The number of aryl methyl sites for hydroxylation is 2. The highest BCUT2D eigenvalue weighted by Crippen LogP contribution is 2.37. The van der Waals surface area contributed by atoms with Crippen LogP contribution in [-0.2, 0) is 4.79 Å². The number of thiazole rings is 1. The van der Waals surface area contributed by atoms with E-state index in [2.05, 4.69) is 24.9 Å². The zero-order valence-electron chi connectivity index (χ0n) is 16.7. The van der Waals surface area contributed by atoms with Crippen LogP contribution in [0.3, 0.4) is 0 Å². The topological polar surface area (TPSA) is 42.4 Å². The molecule has 5 heteroatoms. The average Bonchev–Trinajstić information content (AvgIpc) is 3.00. The summed E-state index contributed by atoms with van der Waals surface area (Å²) in [7, 11) is 0. The third kappa shape index (κ3) is 4.89. The van der Waals surface area contributed by atoms with Crippen molar-refractivity contribution in [2.75, 3.05) is 18.1 Å². The second kappa shape index (κ2) is 9.36. The molecule has 0 fully saturated rings. The Labute approximate surface area is 166 Å². The summed E-state index contributed by atoms with van der Waals surface area (Å²) in [5, 5.41) is 1.06. The van der Waals surface area contributed by atoms with Gasteiger partial charge >= 0.3 is 0 Å². The standard InChI is InChI=1S/C22H30N2O2S/c1-4-5-6-7-8-9-10-13-24-19-14-18(22-16(2)27-17(3)23-22)11-12-20(19)26-15-21(24)25/h11-12,14H,4-10,13,15H2,1-3H3. The number of amides is 1. The van der Waals surface area contributed by atoms with Gasteiger partial charge in [0, 0.05) is 17.0 Å². The minimum absolute atomic E-state index is 0.0526. The molecule has 2 aromatic rings. The zero-order chi connectivity index (χ0) is 19.2. The number of aromatic nitrogens is 1. The Morgan fingerprint density at radius 1 is 1.11 bits per heavy atom. The first kappa shape index (κ1) is 19.9. The molecule has 0 aliphatic carbocycles. The van der Waals surface area contributed by atoms with E-state index in [1.165, 1.54) is 43.4 Å². The van der Waals surface area contributed by atoms with E-state index in [1.807, 2.05) is 24.0 Å². The number of anilines is 1. The van der Waals surface area contributed by atoms with Crippen molar-refractivity contribution in [1.29, 1.82) is 0 Å². The number of carbonyl (C=O) groups is 1. The molecular formula is C22H30N2O2S. The van der Waals surface area contributed by atoms with Gasteiger partial charge < -0.3 is 9.64 Å². The summed E-state index contributed by atoms with van der Waals surface area (Å²) in [6, 6.07) is 6.08. The fourth-order valence-electron chi connectivity index (χ4n) is 3.62. The van der Waals surface area contributed by atoms with Gasteiger partial charge in [0.05, 0.1) is 16.4 Å². The molecule has 1 aliphatic heterocycles. The van der Waals surface area contributed by atoms with Crippen LogP contribution in [0.25, 0.3) is 11.3 Å². The minimum Gasteiger partial charge on any atom is -0.482 e. The van der Waals surface area contributed by atoms with Crippen molar-refractivity contribution in [2.45, 2.75) is 65.7 Å². The number of ether oxygens (including phenoxy) is 1. The number of rotatable bonds is 9. The van der Waals surface area contributed by atoms with E-state index in [4.69, 9.17) is 4.74 Å². The summed E-state index contributed by atoms with van der Waals surface area (Å²) in [4.78, 5) is 20.2. The molecule has 27 heavy (non-hydrogen) atoms. The van der Waals surface area contributed by atoms with Crippen molar-refractivity contribution >= 4 is 22.9 Å². The first-order chi connectivity index (χ1) is 13.1. The summed E-state index contributed by atoms with van der Waals surface area (Å²) in [5.74, 6) is 0.850. The Bertz CT molecular complexity index is 785.